The number of nitrogens with one attached hydrogen (secondary N) is 3. The van der Waals surface area contributed by atoms with Gasteiger partial charge in [0.05, 0.1) is 25.2 Å². The van der Waals surface area contributed by atoms with Gasteiger partial charge in [-0.3, -0.25) is 4.79 Å². The predicted octanol–water partition coefficient (Wildman–Crippen LogP) is -0.509. The molecule has 0 bridgehead atoms. The number of benzene rings is 1. The Labute approximate surface area is 165 Å². The summed E-state index contributed by atoms with van der Waals surface area (Å²) in [5.74, 6) is 0.424. The van der Waals surface area contributed by atoms with Crippen LogP contribution in [0.15, 0.2) is 23.1 Å². The molecule has 0 saturated carbocycles. The van der Waals surface area contributed by atoms with Crippen LogP contribution in [0, 0.1) is 5.92 Å². The molecule has 1 heterocycles. The summed E-state index contributed by atoms with van der Waals surface area (Å²) in [6.45, 7) is 1.49. The van der Waals surface area contributed by atoms with Crippen LogP contribution in [-0.2, 0) is 14.8 Å². The van der Waals surface area contributed by atoms with Gasteiger partial charge in [-0.05, 0) is 12.1 Å². The molecule has 1 aliphatic heterocycles. The van der Waals surface area contributed by atoms with Crippen molar-refractivity contribution in [2.45, 2.75) is 17.4 Å². The van der Waals surface area contributed by atoms with Gasteiger partial charge >= 0.3 is 0 Å². The number of halogens is 1. The Morgan fingerprint density at radius 1 is 1.26 bits per heavy atom. The normalized spacial score (nSPS) is 19.2. The summed E-state index contributed by atoms with van der Waals surface area (Å²) in [6, 6.07) is 4.26. The number of β-amino-alcohol motifs (C(OH)–C–C–N with tert-alkyl or cyclic N) is 1. The monoisotopic (exact) mass is 423 g/mol. The van der Waals surface area contributed by atoms with Crippen molar-refractivity contribution in [1.82, 2.24) is 15.4 Å². The van der Waals surface area contributed by atoms with Gasteiger partial charge in [0.25, 0.3) is 0 Å². The second-order valence-corrected chi connectivity index (χ2v) is 7.72. The highest BCUT2D eigenvalue weighted by Gasteiger charge is 2.25. The predicted molar refractivity (Wildman–Crippen MR) is 102 cm³/mol. The van der Waals surface area contributed by atoms with Gasteiger partial charge in [0, 0.05) is 44.6 Å². The number of amides is 1. The summed E-state index contributed by atoms with van der Waals surface area (Å²) in [5, 5.41) is 15.4. The first-order chi connectivity index (χ1) is 12.4. The van der Waals surface area contributed by atoms with Crippen LogP contribution < -0.4 is 24.8 Å². The van der Waals surface area contributed by atoms with Crippen LogP contribution in [0.25, 0.3) is 0 Å². The number of carbonyl (C=O) groups excluding carboxylic acids is 1. The van der Waals surface area contributed by atoms with Gasteiger partial charge in [0.1, 0.15) is 0 Å². The van der Waals surface area contributed by atoms with Crippen LogP contribution in [0.5, 0.6) is 11.5 Å². The summed E-state index contributed by atoms with van der Waals surface area (Å²) >= 11 is 0. The van der Waals surface area contributed by atoms with Crippen molar-refractivity contribution in [2.75, 3.05) is 40.4 Å². The van der Waals surface area contributed by atoms with Gasteiger partial charge in [-0.2, -0.15) is 0 Å². The largest absolute Gasteiger partial charge is 0.493 e. The van der Waals surface area contributed by atoms with E-state index in [4.69, 9.17) is 9.47 Å². The van der Waals surface area contributed by atoms with Gasteiger partial charge in [-0.1, -0.05) is 0 Å². The van der Waals surface area contributed by atoms with E-state index in [0.29, 0.717) is 31.1 Å². The lowest BCUT2D eigenvalue weighted by atomic mass is 10.1. The van der Waals surface area contributed by atoms with Crippen molar-refractivity contribution in [1.29, 1.82) is 0 Å². The summed E-state index contributed by atoms with van der Waals surface area (Å²) in [4.78, 5) is 11.9. The van der Waals surface area contributed by atoms with Crippen molar-refractivity contribution >= 4 is 28.3 Å². The smallest absolute Gasteiger partial charge is 0.240 e. The number of methoxy groups -OCH3 is 2. The Balaban J connectivity index is 0.00000364. The Kier molecular flexibility index (Phi) is 9.27. The Hall–Kier alpha value is -1.59. The molecule has 2 atom stereocenters. The van der Waals surface area contributed by atoms with Crippen molar-refractivity contribution in [3.8, 4) is 11.5 Å². The Morgan fingerprint density at radius 2 is 1.96 bits per heavy atom. The molecule has 0 aromatic heterocycles. The molecular weight excluding hydrogens is 398 g/mol. The molecule has 1 aromatic rings. The van der Waals surface area contributed by atoms with Crippen molar-refractivity contribution < 1.29 is 27.8 Å². The number of hydrogen-bond acceptors (Lipinski definition) is 7. The topological polar surface area (TPSA) is 126 Å². The molecule has 1 fully saturated rings. The van der Waals surface area contributed by atoms with Gasteiger partial charge in [-0.15, -0.1) is 12.4 Å². The lowest BCUT2D eigenvalue weighted by molar-refractivity contribution is -0.121. The van der Waals surface area contributed by atoms with Crippen LogP contribution in [0.1, 0.15) is 6.42 Å². The van der Waals surface area contributed by atoms with Crippen LogP contribution >= 0.6 is 12.4 Å². The van der Waals surface area contributed by atoms with E-state index in [1.54, 1.807) is 0 Å². The number of aliphatic hydroxyl groups excluding tert-OH is 1. The molecule has 154 valence electrons. The lowest BCUT2D eigenvalue weighted by Gasteiger charge is -2.14. The summed E-state index contributed by atoms with van der Waals surface area (Å²) in [6.07, 6.45) is -0.471. The summed E-state index contributed by atoms with van der Waals surface area (Å²) in [7, 11) is -0.887. The molecule has 1 saturated heterocycles. The number of carbonyl (C=O) groups is 1. The maximum absolute atomic E-state index is 12.3. The van der Waals surface area contributed by atoms with Crippen LogP contribution in [0.4, 0.5) is 0 Å². The van der Waals surface area contributed by atoms with Crippen LogP contribution in [0.3, 0.4) is 0 Å². The van der Waals surface area contributed by atoms with Crippen molar-refractivity contribution in [3.63, 3.8) is 0 Å². The van der Waals surface area contributed by atoms with E-state index in [9.17, 15) is 18.3 Å². The minimum atomic E-state index is -3.77. The fourth-order valence-electron chi connectivity index (χ4n) is 2.63. The molecule has 1 amide bonds. The molecule has 4 N–H and O–H groups in total. The summed E-state index contributed by atoms with van der Waals surface area (Å²) < 4.78 is 37.2. The quantitative estimate of drug-likeness (QED) is 0.421. The Bertz CT molecular complexity index is 731. The number of aliphatic hydroxyl groups is 1. The first kappa shape index (κ1) is 23.4. The summed E-state index contributed by atoms with van der Waals surface area (Å²) in [5.41, 5.74) is 0. The third-order valence-electron chi connectivity index (χ3n) is 4.18. The number of ether oxygens (including phenoxy) is 2. The highest BCUT2D eigenvalue weighted by atomic mass is 35.5. The van der Waals surface area contributed by atoms with Crippen LogP contribution in [0.2, 0.25) is 0 Å². The third-order valence-corrected chi connectivity index (χ3v) is 5.63. The van der Waals surface area contributed by atoms with Gasteiger partial charge in [-0.25, -0.2) is 13.1 Å². The molecule has 0 radical (unpaired) electrons. The fourth-order valence-corrected chi connectivity index (χ4v) is 3.67. The molecule has 1 aliphatic rings. The first-order valence-electron chi connectivity index (χ1n) is 8.24. The van der Waals surface area contributed by atoms with Gasteiger partial charge in [0.15, 0.2) is 11.5 Å². The van der Waals surface area contributed by atoms with E-state index in [1.165, 1.54) is 32.4 Å². The maximum atomic E-state index is 12.3. The number of rotatable bonds is 9. The van der Waals surface area contributed by atoms with E-state index >= 15 is 0 Å². The zero-order valence-corrected chi connectivity index (χ0v) is 16.9. The molecule has 1 aromatic carbocycles. The second-order valence-electron chi connectivity index (χ2n) is 5.95. The van der Waals surface area contributed by atoms with Crippen molar-refractivity contribution in [2.24, 2.45) is 5.92 Å². The van der Waals surface area contributed by atoms with E-state index in [2.05, 4.69) is 15.4 Å². The molecular formula is C16H26ClN3O6S. The second kappa shape index (κ2) is 10.7. The fraction of sp³-hybridized carbons (Fsp3) is 0.562. The average molecular weight is 424 g/mol. The Morgan fingerprint density at radius 3 is 2.56 bits per heavy atom. The third kappa shape index (κ3) is 6.51. The van der Waals surface area contributed by atoms with E-state index in [0.717, 1.165) is 0 Å². The SMILES string of the molecule is COc1ccc(S(=O)(=O)NCCC(=O)NCC2CNCC2O)cc1OC.Cl. The average Bonchev–Trinajstić information content (AvgIpc) is 3.04. The minimum absolute atomic E-state index is 0. The number of hydrogen-bond donors (Lipinski definition) is 4. The maximum Gasteiger partial charge on any atom is 0.240 e. The lowest BCUT2D eigenvalue weighted by Crippen LogP contribution is -2.36. The van der Waals surface area contributed by atoms with Crippen molar-refractivity contribution in [3.05, 3.63) is 18.2 Å². The molecule has 2 unspecified atom stereocenters. The highest BCUT2D eigenvalue weighted by molar-refractivity contribution is 7.89. The molecule has 11 heteroatoms. The molecule has 0 spiro atoms. The zero-order chi connectivity index (χ0) is 19.2. The zero-order valence-electron chi connectivity index (χ0n) is 15.2. The number of sulfonamides is 1. The molecule has 0 aliphatic carbocycles. The van der Waals surface area contributed by atoms with E-state index in [1.807, 2.05) is 0 Å². The molecule has 27 heavy (non-hydrogen) atoms. The van der Waals surface area contributed by atoms with Gasteiger partial charge < -0.3 is 25.2 Å². The minimum Gasteiger partial charge on any atom is -0.493 e. The molecule has 2 rings (SSSR count). The van der Waals surface area contributed by atoms with E-state index < -0.39 is 16.1 Å². The van der Waals surface area contributed by atoms with Crippen LogP contribution in [-0.4, -0.2) is 65.9 Å². The van der Waals surface area contributed by atoms with E-state index in [-0.39, 0.29) is 42.1 Å². The highest BCUT2D eigenvalue weighted by Crippen LogP contribution is 2.29. The van der Waals surface area contributed by atoms with Gasteiger partial charge in [0.2, 0.25) is 15.9 Å². The molecule has 9 nitrogen and oxygen atoms in total. The standard InChI is InChI=1S/C16H25N3O6S.ClH/c1-24-14-4-3-12(7-15(14)25-2)26(22,23)19-6-5-16(21)18-9-11-8-17-10-13(11)20;/h3-4,7,11,13,17,19-20H,5-6,8-10H2,1-2H3,(H,18,21);1H. The first-order valence-corrected chi connectivity index (χ1v) is 9.73.